The van der Waals surface area contributed by atoms with Crippen LogP contribution in [0.1, 0.15) is 39.2 Å². The van der Waals surface area contributed by atoms with Gasteiger partial charge < -0.3 is 15.2 Å². The van der Waals surface area contributed by atoms with E-state index in [4.69, 9.17) is 9.84 Å². The maximum Gasteiger partial charge on any atom is 0.237 e. The van der Waals surface area contributed by atoms with E-state index in [1.54, 1.807) is 0 Å². The molecule has 1 heterocycles. The molecule has 3 atom stereocenters. The molecule has 5 heteroatoms. The molecular weight excluding hydrogens is 292 g/mol. The first-order valence-corrected chi connectivity index (χ1v) is 8.41. The summed E-state index contributed by atoms with van der Waals surface area (Å²) in [5, 5.41) is 11.9. The number of para-hydroxylation sites is 1. The summed E-state index contributed by atoms with van der Waals surface area (Å²) in [6, 6.07) is 8.35. The van der Waals surface area contributed by atoms with Crippen molar-refractivity contribution in [1.82, 2.24) is 10.2 Å². The lowest BCUT2D eigenvalue weighted by Crippen LogP contribution is -2.48. The van der Waals surface area contributed by atoms with Crippen LogP contribution in [0.4, 0.5) is 0 Å². The molecule has 23 heavy (non-hydrogen) atoms. The Hall–Kier alpha value is -1.59. The summed E-state index contributed by atoms with van der Waals surface area (Å²) in [7, 11) is 0. The number of likely N-dealkylation sites (tertiary alicyclic amines) is 1. The van der Waals surface area contributed by atoms with Crippen molar-refractivity contribution in [3.8, 4) is 5.75 Å². The number of aliphatic hydroxyl groups is 1. The van der Waals surface area contributed by atoms with Gasteiger partial charge in [0, 0.05) is 24.2 Å². The molecule has 5 nitrogen and oxygen atoms in total. The van der Waals surface area contributed by atoms with Gasteiger partial charge in [0.15, 0.2) is 0 Å². The number of hydrogen-bond acceptors (Lipinski definition) is 4. The molecule has 0 aromatic heterocycles. The van der Waals surface area contributed by atoms with Gasteiger partial charge in [0.1, 0.15) is 12.4 Å². The number of ether oxygens (including phenoxy) is 1. The first-order chi connectivity index (χ1) is 11.0. The molecule has 0 aliphatic carbocycles. The lowest BCUT2D eigenvalue weighted by Gasteiger charge is -2.31. The highest BCUT2D eigenvalue weighted by atomic mass is 16.5. The molecule has 1 aromatic carbocycles. The Morgan fingerprint density at radius 3 is 2.65 bits per heavy atom. The second-order valence-corrected chi connectivity index (χ2v) is 6.30. The third-order valence-electron chi connectivity index (χ3n) is 4.62. The van der Waals surface area contributed by atoms with Gasteiger partial charge in [-0.05, 0) is 39.7 Å². The van der Waals surface area contributed by atoms with E-state index in [2.05, 4.69) is 24.1 Å². The van der Waals surface area contributed by atoms with Gasteiger partial charge in [0.05, 0.1) is 12.6 Å². The number of benzene rings is 1. The number of carbonyl (C=O) groups is 1. The Labute approximate surface area is 138 Å². The monoisotopic (exact) mass is 320 g/mol. The minimum atomic E-state index is -0.131. The van der Waals surface area contributed by atoms with Crippen molar-refractivity contribution in [2.24, 2.45) is 0 Å². The summed E-state index contributed by atoms with van der Waals surface area (Å²) >= 11 is 0. The van der Waals surface area contributed by atoms with Crippen molar-refractivity contribution in [3.05, 3.63) is 29.8 Å². The number of hydrogen-bond donors (Lipinski definition) is 2. The lowest BCUT2D eigenvalue weighted by molar-refractivity contribution is -0.127. The molecule has 1 aromatic rings. The largest absolute Gasteiger partial charge is 0.491 e. The van der Waals surface area contributed by atoms with Crippen LogP contribution in [0, 0.1) is 0 Å². The maximum absolute atomic E-state index is 12.5. The van der Waals surface area contributed by atoms with Crippen LogP contribution in [-0.4, -0.2) is 47.3 Å². The predicted molar refractivity (Wildman–Crippen MR) is 90.3 cm³/mol. The molecule has 0 saturated carbocycles. The van der Waals surface area contributed by atoms with E-state index in [1.165, 1.54) is 0 Å². The summed E-state index contributed by atoms with van der Waals surface area (Å²) in [5.74, 6) is 0.750. The first-order valence-electron chi connectivity index (χ1n) is 8.41. The van der Waals surface area contributed by atoms with E-state index in [9.17, 15) is 4.79 Å². The SMILES string of the molecule is CC1CCC(C)N1C(C)C(=O)NCc1ccccc1OCCO. The average molecular weight is 320 g/mol. The molecule has 1 fully saturated rings. The molecule has 3 unspecified atom stereocenters. The number of rotatable bonds is 7. The second-order valence-electron chi connectivity index (χ2n) is 6.30. The molecule has 2 rings (SSSR count). The van der Waals surface area contributed by atoms with Crippen molar-refractivity contribution in [2.45, 2.75) is 58.3 Å². The highest BCUT2D eigenvalue weighted by Crippen LogP contribution is 2.26. The number of nitrogens with one attached hydrogen (secondary N) is 1. The van der Waals surface area contributed by atoms with Gasteiger partial charge in [0.25, 0.3) is 0 Å². The van der Waals surface area contributed by atoms with Gasteiger partial charge in [-0.3, -0.25) is 9.69 Å². The topological polar surface area (TPSA) is 61.8 Å². The van der Waals surface area contributed by atoms with Crippen LogP contribution in [-0.2, 0) is 11.3 Å². The van der Waals surface area contributed by atoms with E-state index >= 15 is 0 Å². The van der Waals surface area contributed by atoms with Crippen LogP contribution in [0.3, 0.4) is 0 Å². The Morgan fingerprint density at radius 2 is 2.00 bits per heavy atom. The molecule has 1 amide bonds. The minimum Gasteiger partial charge on any atom is -0.491 e. The van der Waals surface area contributed by atoms with Gasteiger partial charge in [0.2, 0.25) is 5.91 Å². The number of nitrogens with zero attached hydrogens (tertiary/aromatic N) is 1. The van der Waals surface area contributed by atoms with Crippen molar-refractivity contribution >= 4 is 5.91 Å². The van der Waals surface area contributed by atoms with E-state index in [0.29, 0.717) is 24.4 Å². The summed E-state index contributed by atoms with van der Waals surface area (Å²) in [6.45, 7) is 7.01. The molecule has 1 aliphatic rings. The fourth-order valence-electron chi connectivity index (χ4n) is 3.39. The summed E-state index contributed by atoms with van der Waals surface area (Å²) in [6.07, 6.45) is 2.30. The van der Waals surface area contributed by atoms with Crippen molar-refractivity contribution in [3.63, 3.8) is 0 Å². The Morgan fingerprint density at radius 1 is 1.35 bits per heavy atom. The molecule has 2 N–H and O–H groups in total. The fraction of sp³-hybridized carbons (Fsp3) is 0.611. The highest BCUT2D eigenvalue weighted by Gasteiger charge is 2.34. The smallest absolute Gasteiger partial charge is 0.237 e. The zero-order valence-electron chi connectivity index (χ0n) is 14.3. The quantitative estimate of drug-likeness (QED) is 0.806. The Balaban J connectivity index is 1.94. The van der Waals surface area contributed by atoms with E-state index in [1.807, 2.05) is 31.2 Å². The summed E-state index contributed by atoms with van der Waals surface area (Å²) in [5.41, 5.74) is 0.920. The van der Waals surface area contributed by atoms with E-state index < -0.39 is 0 Å². The van der Waals surface area contributed by atoms with Crippen molar-refractivity contribution in [1.29, 1.82) is 0 Å². The molecular formula is C18H28N2O3. The second kappa shape index (κ2) is 8.31. The Bertz CT molecular complexity index is 511. The van der Waals surface area contributed by atoms with Crippen LogP contribution >= 0.6 is 0 Å². The fourth-order valence-corrected chi connectivity index (χ4v) is 3.39. The van der Waals surface area contributed by atoms with E-state index in [-0.39, 0.29) is 25.2 Å². The number of amides is 1. The van der Waals surface area contributed by atoms with Crippen LogP contribution in [0.2, 0.25) is 0 Å². The summed E-state index contributed by atoms with van der Waals surface area (Å²) in [4.78, 5) is 14.8. The van der Waals surface area contributed by atoms with E-state index in [0.717, 1.165) is 18.4 Å². The highest BCUT2D eigenvalue weighted by molar-refractivity contribution is 5.81. The standard InChI is InChI=1S/C18H28N2O3/c1-13-8-9-14(2)20(13)15(3)18(22)19-12-16-6-4-5-7-17(16)23-11-10-21/h4-7,13-15,21H,8-12H2,1-3H3,(H,19,22). The third kappa shape index (κ3) is 4.45. The molecule has 0 spiro atoms. The van der Waals surface area contributed by atoms with Crippen molar-refractivity contribution in [2.75, 3.05) is 13.2 Å². The maximum atomic E-state index is 12.5. The van der Waals surface area contributed by atoms with Crippen LogP contribution < -0.4 is 10.1 Å². The molecule has 0 radical (unpaired) electrons. The van der Waals surface area contributed by atoms with Crippen LogP contribution in [0.25, 0.3) is 0 Å². The number of carbonyl (C=O) groups excluding carboxylic acids is 1. The third-order valence-corrected chi connectivity index (χ3v) is 4.62. The molecule has 128 valence electrons. The van der Waals surface area contributed by atoms with Crippen LogP contribution in [0.15, 0.2) is 24.3 Å². The zero-order valence-corrected chi connectivity index (χ0v) is 14.3. The van der Waals surface area contributed by atoms with Gasteiger partial charge in [-0.25, -0.2) is 0 Å². The van der Waals surface area contributed by atoms with Gasteiger partial charge in [-0.2, -0.15) is 0 Å². The normalized spacial score (nSPS) is 22.8. The minimum absolute atomic E-state index is 0.0253. The van der Waals surface area contributed by atoms with Crippen molar-refractivity contribution < 1.29 is 14.6 Å². The first kappa shape index (κ1) is 17.8. The van der Waals surface area contributed by atoms with Crippen LogP contribution in [0.5, 0.6) is 5.75 Å². The average Bonchev–Trinajstić information content (AvgIpc) is 2.89. The summed E-state index contributed by atoms with van der Waals surface area (Å²) < 4.78 is 5.50. The zero-order chi connectivity index (χ0) is 16.8. The van der Waals surface area contributed by atoms with Gasteiger partial charge in [-0.15, -0.1) is 0 Å². The van der Waals surface area contributed by atoms with Gasteiger partial charge >= 0.3 is 0 Å². The molecule has 1 aliphatic heterocycles. The van der Waals surface area contributed by atoms with Gasteiger partial charge in [-0.1, -0.05) is 18.2 Å². The molecule has 0 bridgehead atoms. The molecule has 1 saturated heterocycles. The lowest BCUT2D eigenvalue weighted by atomic mass is 10.1. The Kier molecular flexibility index (Phi) is 6.42. The number of aliphatic hydroxyl groups excluding tert-OH is 1. The predicted octanol–water partition coefficient (Wildman–Crippen LogP) is 1.94.